The van der Waals surface area contributed by atoms with Crippen molar-refractivity contribution in [1.82, 2.24) is 0 Å². The van der Waals surface area contributed by atoms with Crippen LogP contribution in [0.5, 0.6) is 0 Å². The molecule has 0 saturated carbocycles. The van der Waals surface area contributed by atoms with Gasteiger partial charge >= 0.3 is 0 Å². The van der Waals surface area contributed by atoms with E-state index in [9.17, 15) is 0 Å². The number of anilines is 2. The maximum absolute atomic E-state index is 6.28. The van der Waals surface area contributed by atoms with E-state index in [0.717, 1.165) is 28.4 Å². The van der Waals surface area contributed by atoms with Gasteiger partial charge < -0.3 is 10.6 Å². The summed E-state index contributed by atoms with van der Waals surface area (Å²) in [6, 6.07) is 14.6. The first kappa shape index (κ1) is 13.9. The monoisotopic (exact) mass is 274 g/mol. The summed E-state index contributed by atoms with van der Waals surface area (Å²) in [5, 5.41) is 0.780. The van der Waals surface area contributed by atoms with E-state index in [4.69, 9.17) is 17.3 Å². The van der Waals surface area contributed by atoms with Gasteiger partial charge in [0.2, 0.25) is 0 Å². The molecule has 2 aromatic carbocycles. The Hall–Kier alpha value is -1.51. The molecule has 19 heavy (non-hydrogen) atoms. The van der Waals surface area contributed by atoms with Crippen LogP contribution < -0.4 is 10.6 Å². The zero-order valence-electron chi connectivity index (χ0n) is 11.4. The highest BCUT2D eigenvalue weighted by molar-refractivity contribution is 6.31. The number of aryl methyl sites for hydroxylation is 1. The van der Waals surface area contributed by atoms with Crippen LogP contribution in [0.4, 0.5) is 11.4 Å². The zero-order chi connectivity index (χ0) is 13.8. The van der Waals surface area contributed by atoms with Crippen LogP contribution in [-0.2, 0) is 6.42 Å². The third kappa shape index (κ3) is 3.28. The number of nitrogens with two attached hydrogens (primary N) is 1. The van der Waals surface area contributed by atoms with E-state index < -0.39 is 0 Å². The average Bonchev–Trinajstić information content (AvgIpc) is 2.41. The van der Waals surface area contributed by atoms with Gasteiger partial charge in [0, 0.05) is 23.4 Å². The minimum Gasteiger partial charge on any atom is -0.345 e. The molecule has 0 aliphatic heterocycles. The van der Waals surface area contributed by atoms with Gasteiger partial charge in [-0.15, -0.1) is 0 Å². The van der Waals surface area contributed by atoms with Crippen LogP contribution in [0.25, 0.3) is 0 Å². The van der Waals surface area contributed by atoms with Crippen molar-refractivity contribution in [3.05, 3.63) is 58.6 Å². The van der Waals surface area contributed by atoms with Crippen LogP contribution in [-0.4, -0.2) is 13.6 Å². The van der Waals surface area contributed by atoms with Crippen molar-refractivity contribution in [3.63, 3.8) is 0 Å². The molecule has 0 aliphatic rings. The molecule has 3 heteroatoms. The van der Waals surface area contributed by atoms with E-state index in [1.165, 1.54) is 5.56 Å². The van der Waals surface area contributed by atoms with Crippen LogP contribution in [0, 0.1) is 6.92 Å². The highest BCUT2D eigenvalue weighted by atomic mass is 35.5. The molecule has 2 aromatic rings. The highest BCUT2D eigenvalue weighted by Gasteiger charge is 2.06. The molecule has 0 amide bonds. The summed E-state index contributed by atoms with van der Waals surface area (Å²) in [7, 11) is 2.04. The van der Waals surface area contributed by atoms with Gasteiger partial charge in [0.1, 0.15) is 0 Å². The number of halogens is 1. The maximum Gasteiger partial charge on any atom is 0.0459 e. The Bertz CT molecular complexity index is 549. The predicted octanol–water partition coefficient (Wildman–Crippen LogP) is 3.92. The Morgan fingerprint density at radius 2 is 1.68 bits per heavy atom. The highest BCUT2D eigenvalue weighted by Crippen LogP contribution is 2.28. The van der Waals surface area contributed by atoms with Crippen molar-refractivity contribution >= 4 is 23.0 Å². The van der Waals surface area contributed by atoms with E-state index in [-0.39, 0.29) is 0 Å². The van der Waals surface area contributed by atoms with Gasteiger partial charge in [-0.3, -0.25) is 0 Å². The lowest BCUT2D eigenvalue weighted by atomic mass is 10.1. The molecular formula is C16H19ClN2. The first-order valence-corrected chi connectivity index (χ1v) is 6.78. The van der Waals surface area contributed by atoms with Crippen LogP contribution >= 0.6 is 11.6 Å². The third-order valence-electron chi connectivity index (χ3n) is 3.26. The van der Waals surface area contributed by atoms with Gasteiger partial charge in [0.25, 0.3) is 0 Å². The quantitative estimate of drug-likeness (QED) is 0.916. The van der Waals surface area contributed by atoms with Crippen LogP contribution in [0.2, 0.25) is 5.02 Å². The minimum atomic E-state index is 0.618. The van der Waals surface area contributed by atoms with E-state index in [1.54, 1.807) is 0 Å². The summed E-state index contributed by atoms with van der Waals surface area (Å²) in [4.78, 5) is 2.12. The fourth-order valence-electron chi connectivity index (χ4n) is 2.02. The fraction of sp³-hybridized carbons (Fsp3) is 0.250. The summed E-state index contributed by atoms with van der Waals surface area (Å²) in [6.45, 7) is 2.70. The zero-order valence-corrected chi connectivity index (χ0v) is 12.1. The largest absolute Gasteiger partial charge is 0.345 e. The van der Waals surface area contributed by atoms with Crippen LogP contribution in [0.15, 0.2) is 42.5 Å². The number of hydrogen-bond donors (Lipinski definition) is 1. The van der Waals surface area contributed by atoms with E-state index in [2.05, 4.69) is 48.2 Å². The third-order valence-corrected chi connectivity index (χ3v) is 3.61. The Morgan fingerprint density at radius 3 is 2.26 bits per heavy atom. The van der Waals surface area contributed by atoms with Gasteiger partial charge in [0.15, 0.2) is 0 Å². The minimum absolute atomic E-state index is 0.618. The molecule has 0 unspecified atom stereocenters. The first-order valence-electron chi connectivity index (χ1n) is 6.40. The molecular weight excluding hydrogens is 256 g/mol. The molecule has 2 nitrogen and oxygen atoms in total. The summed E-state index contributed by atoms with van der Waals surface area (Å²) in [6.07, 6.45) is 0.813. The van der Waals surface area contributed by atoms with Gasteiger partial charge in [-0.1, -0.05) is 35.4 Å². The molecule has 0 spiro atoms. The molecule has 100 valence electrons. The van der Waals surface area contributed by atoms with E-state index in [1.807, 2.05) is 13.1 Å². The van der Waals surface area contributed by atoms with Gasteiger partial charge in [-0.25, -0.2) is 0 Å². The maximum atomic E-state index is 6.28. The van der Waals surface area contributed by atoms with E-state index in [0.29, 0.717) is 6.54 Å². The molecule has 2 rings (SSSR count). The smallest absolute Gasteiger partial charge is 0.0459 e. The average molecular weight is 275 g/mol. The van der Waals surface area contributed by atoms with Gasteiger partial charge in [0.05, 0.1) is 0 Å². The molecule has 2 N–H and O–H groups in total. The molecule has 0 heterocycles. The number of hydrogen-bond acceptors (Lipinski definition) is 2. The van der Waals surface area contributed by atoms with Crippen LogP contribution in [0.1, 0.15) is 11.1 Å². The second-order valence-electron chi connectivity index (χ2n) is 4.71. The molecule has 0 saturated heterocycles. The summed E-state index contributed by atoms with van der Waals surface area (Å²) >= 11 is 6.28. The Labute approximate surface area is 119 Å². The number of benzene rings is 2. The second kappa shape index (κ2) is 6.09. The van der Waals surface area contributed by atoms with Crippen molar-refractivity contribution < 1.29 is 0 Å². The molecule has 0 aliphatic carbocycles. The van der Waals surface area contributed by atoms with Crippen molar-refractivity contribution in [2.45, 2.75) is 13.3 Å². The first-order chi connectivity index (χ1) is 9.11. The molecule has 0 bridgehead atoms. The topological polar surface area (TPSA) is 29.3 Å². The molecule has 0 fully saturated rings. The molecule has 0 atom stereocenters. The van der Waals surface area contributed by atoms with Crippen molar-refractivity contribution in [2.24, 2.45) is 5.73 Å². The van der Waals surface area contributed by atoms with Gasteiger partial charge in [-0.2, -0.15) is 0 Å². The summed E-state index contributed by atoms with van der Waals surface area (Å²) in [5.74, 6) is 0. The van der Waals surface area contributed by atoms with Crippen molar-refractivity contribution in [3.8, 4) is 0 Å². The molecule has 0 radical (unpaired) electrons. The SMILES string of the molecule is Cc1ccc(N(C)c2ccc(CCN)c(Cl)c2)cc1. The lowest BCUT2D eigenvalue weighted by Gasteiger charge is -2.20. The normalized spacial score (nSPS) is 10.5. The number of rotatable bonds is 4. The van der Waals surface area contributed by atoms with Gasteiger partial charge in [-0.05, 0) is 49.7 Å². The Kier molecular flexibility index (Phi) is 4.46. The molecule has 0 aromatic heterocycles. The lowest BCUT2D eigenvalue weighted by Crippen LogP contribution is -2.10. The lowest BCUT2D eigenvalue weighted by molar-refractivity contribution is 0.968. The number of nitrogens with zero attached hydrogens (tertiary/aromatic N) is 1. The predicted molar refractivity (Wildman–Crippen MR) is 83.5 cm³/mol. The van der Waals surface area contributed by atoms with Crippen molar-refractivity contribution in [1.29, 1.82) is 0 Å². The van der Waals surface area contributed by atoms with Crippen molar-refractivity contribution in [2.75, 3.05) is 18.5 Å². The summed E-state index contributed by atoms with van der Waals surface area (Å²) in [5.41, 5.74) is 10.1. The second-order valence-corrected chi connectivity index (χ2v) is 5.12. The summed E-state index contributed by atoms with van der Waals surface area (Å²) < 4.78 is 0. The Morgan fingerprint density at radius 1 is 1.05 bits per heavy atom. The Balaban J connectivity index is 2.26. The fourth-order valence-corrected chi connectivity index (χ4v) is 2.29. The van der Waals surface area contributed by atoms with E-state index >= 15 is 0 Å². The van der Waals surface area contributed by atoms with Crippen LogP contribution in [0.3, 0.4) is 0 Å². The standard InChI is InChI=1S/C16H19ClN2/c1-12-3-6-14(7-4-12)19(2)15-8-5-13(9-10-18)16(17)11-15/h3-8,11H,9-10,18H2,1-2H3.